The Morgan fingerprint density at radius 3 is 2.48 bits per heavy atom. The minimum atomic E-state index is -0.161. The van der Waals surface area contributed by atoms with E-state index in [4.69, 9.17) is 9.72 Å². The molecular weight excluding hydrogens is 346 g/mol. The zero-order valence-electron chi connectivity index (χ0n) is 15.8. The van der Waals surface area contributed by atoms with Crippen LogP contribution in [0.15, 0.2) is 17.1 Å². The van der Waals surface area contributed by atoms with Crippen molar-refractivity contribution in [2.24, 2.45) is 0 Å². The van der Waals surface area contributed by atoms with Crippen molar-refractivity contribution in [3.63, 3.8) is 0 Å². The van der Waals surface area contributed by atoms with Gasteiger partial charge in [0.05, 0.1) is 24.6 Å². The predicted octanol–water partition coefficient (Wildman–Crippen LogP) is 0.124. The summed E-state index contributed by atoms with van der Waals surface area (Å²) in [6.45, 7) is 8.46. The number of morpholine rings is 1. The van der Waals surface area contributed by atoms with Crippen LogP contribution in [0.3, 0.4) is 0 Å². The molecule has 0 aromatic carbocycles. The SMILES string of the molecule is Cc1nc(N2CCOCC2)ncc1-c1cc(=O)[nH]c(N2CCN(C)CC2)n1. The lowest BCUT2D eigenvalue weighted by Gasteiger charge is -2.32. The number of nitrogens with one attached hydrogen (secondary N) is 1. The number of piperazine rings is 1. The molecule has 2 aromatic heterocycles. The van der Waals surface area contributed by atoms with Gasteiger partial charge < -0.3 is 19.4 Å². The fourth-order valence-electron chi connectivity index (χ4n) is 3.37. The van der Waals surface area contributed by atoms with Crippen LogP contribution in [-0.4, -0.2) is 84.4 Å². The summed E-state index contributed by atoms with van der Waals surface area (Å²) in [6, 6.07) is 1.51. The van der Waals surface area contributed by atoms with Crippen LogP contribution in [0.5, 0.6) is 0 Å². The number of likely N-dealkylation sites (N-methyl/N-ethyl adjacent to an activating group) is 1. The molecular formula is C18H25N7O2. The summed E-state index contributed by atoms with van der Waals surface area (Å²) < 4.78 is 5.38. The molecule has 2 aliphatic heterocycles. The highest BCUT2D eigenvalue weighted by Crippen LogP contribution is 2.22. The van der Waals surface area contributed by atoms with Gasteiger partial charge in [-0.05, 0) is 14.0 Å². The number of hydrogen-bond acceptors (Lipinski definition) is 8. The van der Waals surface area contributed by atoms with Crippen LogP contribution < -0.4 is 15.4 Å². The topological polar surface area (TPSA) is 90.5 Å². The summed E-state index contributed by atoms with van der Waals surface area (Å²) in [7, 11) is 2.10. The Kier molecular flexibility index (Phi) is 5.04. The van der Waals surface area contributed by atoms with Gasteiger partial charge in [0.2, 0.25) is 11.9 Å². The average Bonchev–Trinajstić information content (AvgIpc) is 2.68. The monoisotopic (exact) mass is 371 g/mol. The highest BCUT2D eigenvalue weighted by molar-refractivity contribution is 5.62. The van der Waals surface area contributed by atoms with E-state index in [0.717, 1.165) is 50.5 Å². The summed E-state index contributed by atoms with van der Waals surface area (Å²) >= 11 is 0. The van der Waals surface area contributed by atoms with E-state index in [1.54, 1.807) is 6.20 Å². The van der Waals surface area contributed by atoms with Gasteiger partial charge in [-0.2, -0.15) is 0 Å². The molecule has 144 valence electrons. The third-order valence-electron chi connectivity index (χ3n) is 5.07. The first kappa shape index (κ1) is 17.9. The van der Waals surface area contributed by atoms with Gasteiger partial charge in [0.25, 0.3) is 5.56 Å². The molecule has 0 unspecified atom stereocenters. The maximum atomic E-state index is 12.2. The van der Waals surface area contributed by atoms with Crippen molar-refractivity contribution in [1.29, 1.82) is 0 Å². The van der Waals surface area contributed by atoms with Crippen molar-refractivity contribution in [2.75, 3.05) is 69.3 Å². The zero-order chi connectivity index (χ0) is 18.8. The summed E-state index contributed by atoms with van der Waals surface area (Å²) in [5, 5.41) is 0. The Hall–Kier alpha value is -2.52. The number of nitrogens with zero attached hydrogens (tertiary/aromatic N) is 6. The number of aromatic nitrogens is 4. The van der Waals surface area contributed by atoms with Crippen molar-refractivity contribution in [2.45, 2.75) is 6.92 Å². The first-order valence-electron chi connectivity index (χ1n) is 9.32. The number of hydrogen-bond donors (Lipinski definition) is 1. The number of aryl methyl sites for hydroxylation is 1. The van der Waals surface area contributed by atoms with E-state index >= 15 is 0 Å². The van der Waals surface area contributed by atoms with Crippen LogP contribution in [0.4, 0.5) is 11.9 Å². The molecule has 2 fully saturated rings. The number of aromatic amines is 1. The fraction of sp³-hybridized carbons (Fsp3) is 0.556. The lowest BCUT2D eigenvalue weighted by atomic mass is 10.1. The van der Waals surface area contributed by atoms with Gasteiger partial charge in [-0.3, -0.25) is 9.78 Å². The number of H-pyrrole nitrogens is 1. The first-order chi connectivity index (χ1) is 13.1. The fourth-order valence-corrected chi connectivity index (χ4v) is 3.37. The maximum Gasteiger partial charge on any atom is 0.252 e. The summed E-state index contributed by atoms with van der Waals surface area (Å²) in [6.07, 6.45) is 1.77. The third-order valence-corrected chi connectivity index (χ3v) is 5.07. The summed E-state index contributed by atoms with van der Waals surface area (Å²) in [4.78, 5) is 35.4. The second kappa shape index (κ2) is 7.61. The smallest absolute Gasteiger partial charge is 0.252 e. The minimum Gasteiger partial charge on any atom is -0.378 e. The number of ether oxygens (including phenoxy) is 1. The number of anilines is 2. The van der Waals surface area contributed by atoms with E-state index in [-0.39, 0.29) is 5.56 Å². The largest absolute Gasteiger partial charge is 0.378 e. The maximum absolute atomic E-state index is 12.2. The molecule has 27 heavy (non-hydrogen) atoms. The molecule has 2 saturated heterocycles. The van der Waals surface area contributed by atoms with Crippen LogP contribution in [0.2, 0.25) is 0 Å². The van der Waals surface area contributed by atoms with E-state index in [0.29, 0.717) is 30.8 Å². The van der Waals surface area contributed by atoms with Crippen LogP contribution >= 0.6 is 0 Å². The van der Waals surface area contributed by atoms with Gasteiger partial charge in [-0.1, -0.05) is 0 Å². The Labute approximate surface area is 158 Å². The Morgan fingerprint density at radius 1 is 1.04 bits per heavy atom. The average molecular weight is 371 g/mol. The molecule has 0 spiro atoms. The van der Waals surface area contributed by atoms with E-state index in [1.165, 1.54) is 6.07 Å². The van der Waals surface area contributed by atoms with Gasteiger partial charge in [0.15, 0.2) is 0 Å². The molecule has 0 radical (unpaired) electrons. The quantitative estimate of drug-likeness (QED) is 0.814. The molecule has 4 heterocycles. The summed E-state index contributed by atoms with van der Waals surface area (Å²) in [5.41, 5.74) is 2.05. The van der Waals surface area contributed by atoms with Crippen molar-refractivity contribution in [3.05, 3.63) is 28.3 Å². The molecule has 1 N–H and O–H groups in total. The van der Waals surface area contributed by atoms with Gasteiger partial charge in [-0.15, -0.1) is 0 Å². The highest BCUT2D eigenvalue weighted by atomic mass is 16.5. The minimum absolute atomic E-state index is 0.161. The molecule has 4 rings (SSSR count). The normalized spacial score (nSPS) is 18.7. The van der Waals surface area contributed by atoms with E-state index in [9.17, 15) is 4.79 Å². The molecule has 9 nitrogen and oxygen atoms in total. The van der Waals surface area contributed by atoms with Crippen molar-refractivity contribution in [3.8, 4) is 11.3 Å². The molecule has 0 saturated carbocycles. The second-order valence-electron chi connectivity index (χ2n) is 7.01. The third kappa shape index (κ3) is 3.93. The molecule has 9 heteroatoms. The van der Waals surface area contributed by atoms with E-state index in [1.807, 2.05) is 6.92 Å². The summed E-state index contributed by atoms with van der Waals surface area (Å²) in [5.74, 6) is 1.31. The molecule has 0 bridgehead atoms. The van der Waals surface area contributed by atoms with Crippen LogP contribution in [0.25, 0.3) is 11.3 Å². The molecule has 0 aliphatic carbocycles. The second-order valence-corrected chi connectivity index (χ2v) is 7.01. The van der Waals surface area contributed by atoms with Crippen LogP contribution in [0.1, 0.15) is 5.69 Å². The Bertz CT molecular complexity index is 855. The van der Waals surface area contributed by atoms with E-state index in [2.05, 4.69) is 36.7 Å². The van der Waals surface area contributed by atoms with Crippen molar-refractivity contribution >= 4 is 11.9 Å². The Morgan fingerprint density at radius 2 is 1.78 bits per heavy atom. The molecule has 0 atom stereocenters. The molecule has 2 aliphatic rings. The Balaban J connectivity index is 1.62. The lowest BCUT2D eigenvalue weighted by Crippen LogP contribution is -2.45. The van der Waals surface area contributed by atoms with Crippen LogP contribution in [0, 0.1) is 6.92 Å². The van der Waals surface area contributed by atoms with Crippen molar-refractivity contribution in [1.82, 2.24) is 24.8 Å². The van der Waals surface area contributed by atoms with Gasteiger partial charge in [0, 0.05) is 57.1 Å². The number of rotatable bonds is 3. The van der Waals surface area contributed by atoms with Gasteiger partial charge in [0.1, 0.15) is 0 Å². The van der Waals surface area contributed by atoms with E-state index < -0.39 is 0 Å². The van der Waals surface area contributed by atoms with Gasteiger partial charge in [-0.25, -0.2) is 15.0 Å². The highest BCUT2D eigenvalue weighted by Gasteiger charge is 2.19. The standard InChI is InChI=1S/C18H25N7O2/c1-13-14(12-19-17(20-13)25-7-9-27-10-8-25)15-11-16(26)22-18(21-15)24-5-3-23(2)4-6-24/h11-12H,3-10H2,1-2H3,(H,21,22,26). The van der Waals surface area contributed by atoms with Gasteiger partial charge >= 0.3 is 0 Å². The van der Waals surface area contributed by atoms with Crippen molar-refractivity contribution < 1.29 is 4.74 Å². The molecule has 2 aromatic rings. The predicted molar refractivity (Wildman–Crippen MR) is 103 cm³/mol. The molecule has 0 amide bonds. The first-order valence-corrected chi connectivity index (χ1v) is 9.32. The van der Waals surface area contributed by atoms with Crippen LogP contribution in [-0.2, 0) is 4.74 Å². The zero-order valence-corrected chi connectivity index (χ0v) is 15.8. The lowest BCUT2D eigenvalue weighted by molar-refractivity contribution is 0.122.